The molecule has 1 aliphatic heterocycles. The molecule has 0 bridgehead atoms. The van der Waals surface area contributed by atoms with Crippen molar-refractivity contribution in [3.8, 4) is 0 Å². The molecule has 1 heterocycles. The van der Waals surface area contributed by atoms with E-state index < -0.39 is 5.82 Å². The second kappa shape index (κ2) is 7.05. The number of ether oxygens (including phenoxy) is 1. The minimum Gasteiger partial charge on any atom is -0.378 e. The number of carbonyl (C=O) groups excluding carboxylic acids is 1. The van der Waals surface area contributed by atoms with Crippen molar-refractivity contribution in [1.29, 1.82) is 0 Å². The van der Waals surface area contributed by atoms with Gasteiger partial charge in [-0.15, -0.1) is 12.4 Å². The lowest BCUT2D eigenvalue weighted by atomic mass is 10.1. The van der Waals surface area contributed by atoms with Crippen LogP contribution in [0.2, 0.25) is 5.02 Å². The first-order valence-corrected chi connectivity index (χ1v) is 5.99. The number of halogens is 3. The minimum absolute atomic E-state index is 0. The van der Waals surface area contributed by atoms with E-state index >= 15 is 0 Å². The van der Waals surface area contributed by atoms with E-state index in [1.165, 1.54) is 12.1 Å². The van der Waals surface area contributed by atoms with Crippen LogP contribution in [0.3, 0.4) is 0 Å². The standard InChI is InChI=1S/C12H14ClFN2O2.ClH/c1-18-11-6-15-5-10(11)16-12(17)7-2-3-8(13)9(14)4-7;/h2-4,10-11,15H,5-6H2,1H3,(H,16,17);1H. The van der Waals surface area contributed by atoms with Gasteiger partial charge in [0.1, 0.15) is 5.82 Å². The zero-order valence-corrected chi connectivity index (χ0v) is 11.9. The Hall–Kier alpha value is -0.880. The Balaban J connectivity index is 0.00000180. The average molecular weight is 309 g/mol. The van der Waals surface area contributed by atoms with E-state index in [0.29, 0.717) is 13.1 Å². The second-order valence-corrected chi connectivity index (χ2v) is 4.55. The van der Waals surface area contributed by atoms with E-state index in [1.807, 2.05) is 0 Å². The Bertz CT molecular complexity index is 459. The molecular weight excluding hydrogens is 294 g/mol. The second-order valence-electron chi connectivity index (χ2n) is 4.14. The number of hydrogen-bond donors (Lipinski definition) is 2. The van der Waals surface area contributed by atoms with E-state index in [1.54, 1.807) is 7.11 Å². The zero-order chi connectivity index (χ0) is 13.1. The molecule has 2 rings (SSSR count). The molecule has 0 aromatic heterocycles. The van der Waals surface area contributed by atoms with Crippen molar-refractivity contribution in [2.45, 2.75) is 12.1 Å². The maximum atomic E-state index is 13.2. The van der Waals surface area contributed by atoms with Crippen molar-refractivity contribution < 1.29 is 13.9 Å². The van der Waals surface area contributed by atoms with Crippen molar-refractivity contribution in [2.75, 3.05) is 20.2 Å². The highest BCUT2D eigenvalue weighted by molar-refractivity contribution is 6.30. The number of nitrogens with one attached hydrogen (secondary N) is 2. The molecule has 19 heavy (non-hydrogen) atoms. The van der Waals surface area contributed by atoms with Crippen LogP contribution >= 0.6 is 24.0 Å². The Morgan fingerprint density at radius 1 is 1.53 bits per heavy atom. The van der Waals surface area contributed by atoms with E-state index in [9.17, 15) is 9.18 Å². The van der Waals surface area contributed by atoms with Crippen LogP contribution < -0.4 is 10.6 Å². The highest BCUT2D eigenvalue weighted by Crippen LogP contribution is 2.16. The quantitative estimate of drug-likeness (QED) is 0.892. The SMILES string of the molecule is COC1CNCC1NC(=O)c1ccc(Cl)c(F)c1.Cl. The van der Waals surface area contributed by atoms with Crippen LogP contribution in [0.5, 0.6) is 0 Å². The fraction of sp³-hybridized carbons (Fsp3) is 0.417. The minimum atomic E-state index is -0.600. The highest BCUT2D eigenvalue weighted by atomic mass is 35.5. The summed E-state index contributed by atoms with van der Waals surface area (Å²) in [6.45, 7) is 1.33. The van der Waals surface area contributed by atoms with Gasteiger partial charge < -0.3 is 15.4 Å². The van der Waals surface area contributed by atoms with E-state index in [0.717, 1.165) is 6.07 Å². The van der Waals surface area contributed by atoms with Gasteiger partial charge in [0.2, 0.25) is 0 Å². The van der Waals surface area contributed by atoms with Crippen LogP contribution in [0, 0.1) is 5.82 Å². The number of methoxy groups -OCH3 is 1. The van der Waals surface area contributed by atoms with Crippen molar-refractivity contribution in [2.24, 2.45) is 0 Å². The van der Waals surface area contributed by atoms with Crippen LogP contribution in [-0.2, 0) is 4.74 Å². The van der Waals surface area contributed by atoms with Gasteiger partial charge in [0.25, 0.3) is 5.91 Å². The maximum absolute atomic E-state index is 13.2. The molecule has 7 heteroatoms. The third-order valence-electron chi connectivity index (χ3n) is 2.96. The van der Waals surface area contributed by atoms with Crippen molar-refractivity contribution in [1.82, 2.24) is 10.6 Å². The molecule has 1 aromatic carbocycles. The van der Waals surface area contributed by atoms with E-state index in [4.69, 9.17) is 16.3 Å². The molecule has 2 N–H and O–H groups in total. The Morgan fingerprint density at radius 3 is 2.89 bits per heavy atom. The van der Waals surface area contributed by atoms with Gasteiger partial charge >= 0.3 is 0 Å². The number of amides is 1. The lowest BCUT2D eigenvalue weighted by Crippen LogP contribution is -2.43. The predicted octanol–water partition coefficient (Wildman–Crippen LogP) is 1.62. The molecule has 1 amide bonds. The molecule has 0 radical (unpaired) electrons. The summed E-state index contributed by atoms with van der Waals surface area (Å²) < 4.78 is 18.5. The number of benzene rings is 1. The molecule has 4 nitrogen and oxygen atoms in total. The highest BCUT2D eigenvalue weighted by Gasteiger charge is 2.28. The largest absolute Gasteiger partial charge is 0.378 e. The summed E-state index contributed by atoms with van der Waals surface area (Å²) in [5, 5.41) is 5.93. The van der Waals surface area contributed by atoms with Gasteiger partial charge in [-0.3, -0.25) is 4.79 Å². The topological polar surface area (TPSA) is 50.4 Å². The van der Waals surface area contributed by atoms with E-state index in [-0.39, 0.29) is 41.0 Å². The molecule has 1 fully saturated rings. The summed E-state index contributed by atoms with van der Waals surface area (Å²) in [6, 6.07) is 3.88. The first-order chi connectivity index (χ1) is 8.61. The van der Waals surface area contributed by atoms with Gasteiger partial charge in [-0.2, -0.15) is 0 Å². The molecule has 0 saturated carbocycles. The van der Waals surface area contributed by atoms with Crippen LogP contribution in [-0.4, -0.2) is 38.3 Å². The molecule has 2 unspecified atom stereocenters. The molecular formula is C12H15Cl2FN2O2. The Morgan fingerprint density at radius 2 is 2.26 bits per heavy atom. The summed E-state index contributed by atoms with van der Waals surface area (Å²) in [5.41, 5.74) is 0.249. The summed E-state index contributed by atoms with van der Waals surface area (Å²) in [6.07, 6.45) is -0.0638. The van der Waals surface area contributed by atoms with Crippen LogP contribution in [0.15, 0.2) is 18.2 Å². The summed E-state index contributed by atoms with van der Waals surface area (Å²) >= 11 is 5.56. The van der Waals surface area contributed by atoms with Crippen LogP contribution in [0.25, 0.3) is 0 Å². The van der Waals surface area contributed by atoms with Gasteiger partial charge in [-0.25, -0.2) is 4.39 Å². The molecule has 0 spiro atoms. The summed E-state index contributed by atoms with van der Waals surface area (Å²) in [4.78, 5) is 11.9. The fourth-order valence-electron chi connectivity index (χ4n) is 1.94. The van der Waals surface area contributed by atoms with Gasteiger partial charge in [0.05, 0.1) is 17.2 Å². The molecule has 2 atom stereocenters. The lowest BCUT2D eigenvalue weighted by Gasteiger charge is -2.18. The van der Waals surface area contributed by atoms with Crippen LogP contribution in [0.4, 0.5) is 4.39 Å². The third-order valence-corrected chi connectivity index (χ3v) is 3.27. The van der Waals surface area contributed by atoms with E-state index in [2.05, 4.69) is 10.6 Å². The third kappa shape index (κ3) is 3.79. The summed E-state index contributed by atoms with van der Waals surface area (Å²) in [7, 11) is 1.60. The number of carbonyl (C=O) groups is 1. The first-order valence-electron chi connectivity index (χ1n) is 5.61. The lowest BCUT2D eigenvalue weighted by molar-refractivity contribution is 0.0779. The maximum Gasteiger partial charge on any atom is 0.251 e. The molecule has 0 aliphatic carbocycles. The van der Waals surface area contributed by atoms with Crippen molar-refractivity contribution >= 4 is 29.9 Å². The molecule has 1 saturated heterocycles. The first kappa shape index (κ1) is 16.2. The van der Waals surface area contributed by atoms with Gasteiger partial charge in [0.15, 0.2) is 0 Å². The molecule has 106 valence electrons. The zero-order valence-electron chi connectivity index (χ0n) is 10.3. The van der Waals surface area contributed by atoms with Crippen LogP contribution in [0.1, 0.15) is 10.4 Å². The normalized spacial score (nSPS) is 21.8. The fourth-order valence-corrected chi connectivity index (χ4v) is 2.05. The molecule has 1 aliphatic rings. The van der Waals surface area contributed by atoms with Gasteiger partial charge in [-0.1, -0.05) is 11.6 Å². The van der Waals surface area contributed by atoms with Gasteiger partial charge in [-0.05, 0) is 18.2 Å². The van der Waals surface area contributed by atoms with Gasteiger partial charge in [0, 0.05) is 25.8 Å². The number of hydrogen-bond acceptors (Lipinski definition) is 3. The molecule has 1 aromatic rings. The Labute approximate surface area is 122 Å². The smallest absolute Gasteiger partial charge is 0.251 e. The van der Waals surface area contributed by atoms with Crippen molar-refractivity contribution in [3.05, 3.63) is 34.6 Å². The monoisotopic (exact) mass is 308 g/mol. The Kier molecular flexibility index (Phi) is 6.00. The number of rotatable bonds is 3. The summed E-state index contributed by atoms with van der Waals surface area (Å²) in [5.74, 6) is -0.932. The predicted molar refractivity (Wildman–Crippen MR) is 73.6 cm³/mol. The average Bonchev–Trinajstić information content (AvgIpc) is 2.79. The van der Waals surface area contributed by atoms with Crippen molar-refractivity contribution in [3.63, 3.8) is 0 Å².